The maximum Gasteiger partial charge on any atom is 0.406 e. The third-order valence-corrected chi connectivity index (χ3v) is 4.15. The van der Waals surface area contributed by atoms with Crippen molar-refractivity contribution in [2.75, 3.05) is 20.2 Å². The first-order chi connectivity index (χ1) is 11.1. The molecule has 1 unspecified atom stereocenters. The monoisotopic (exact) mass is 349 g/mol. The molecule has 2 rings (SSSR count). The predicted octanol–water partition coefficient (Wildman–Crippen LogP) is 2.24. The van der Waals surface area contributed by atoms with E-state index >= 15 is 0 Å². The van der Waals surface area contributed by atoms with Crippen LogP contribution in [0.1, 0.15) is 12.0 Å². The van der Waals surface area contributed by atoms with Crippen molar-refractivity contribution in [3.8, 4) is 5.75 Å². The molecule has 1 amide bonds. The molecule has 0 spiro atoms. The van der Waals surface area contributed by atoms with Gasteiger partial charge in [-0.05, 0) is 24.1 Å². The number of hydrogen-bond donors (Lipinski definition) is 1. The largest absolute Gasteiger partial charge is 0.494 e. The number of likely N-dealkylation sites (tertiary alicyclic amines) is 1. The number of carboxylic acid groups (broad SMARTS) is 1. The molecule has 0 radical (unpaired) electrons. The Hall–Kier alpha value is -2.32. The van der Waals surface area contributed by atoms with Crippen LogP contribution in [-0.2, 0) is 16.0 Å². The van der Waals surface area contributed by atoms with Crippen LogP contribution >= 0.6 is 0 Å². The Labute approximate surface area is 134 Å². The highest BCUT2D eigenvalue weighted by Crippen LogP contribution is 2.45. The summed E-state index contributed by atoms with van der Waals surface area (Å²) in [6.45, 7) is -1.26. The average Bonchev–Trinajstić information content (AvgIpc) is 2.94. The highest BCUT2D eigenvalue weighted by molar-refractivity contribution is 5.82. The van der Waals surface area contributed by atoms with E-state index in [-0.39, 0.29) is 24.3 Å². The molecule has 5 nitrogen and oxygen atoms in total. The Morgan fingerprint density at radius 1 is 1.38 bits per heavy atom. The number of aliphatic carboxylic acids is 1. The number of amides is 1. The van der Waals surface area contributed by atoms with Crippen molar-refractivity contribution in [1.82, 2.24) is 4.90 Å². The Bertz CT molecular complexity index is 661. The molecular weight excluding hydrogens is 334 g/mol. The number of hydrogen-bond acceptors (Lipinski definition) is 3. The van der Waals surface area contributed by atoms with E-state index in [9.17, 15) is 27.2 Å². The van der Waals surface area contributed by atoms with Crippen LogP contribution < -0.4 is 4.74 Å². The van der Waals surface area contributed by atoms with Gasteiger partial charge in [-0.1, -0.05) is 6.07 Å². The van der Waals surface area contributed by atoms with Gasteiger partial charge in [0.05, 0.1) is 13.5 Å². The van der Waals surface area contributed by atoms with Crippen LogP contribution in [-0.4, -0.2) is 48.3 Å². The lowest BCUT2D eigenvalue weighted by Crippen LogP contribution is -2.47. The maximum atomic E-state index is 13.6. The molecule has 1 aliphatic heterocycles. The number of rotatable bonds is 4. The predicted molar refractivity (Wildman–Crippen MR) is 74.0 cm³/mol. The molecule has 1 saturated heterocycles. The summed E-state index contributed by atoms with van der Waals surface area (Å²) in [5.74, 6) is -3.40. The van der Waals surface area contributed by atoms with Crippen LogP contribution in [0.2, 0.25) is 0 Å². The smallest absolute Gasteiger partial charge is 0.406 e. The standard InChI is InChI=1S/C15H15F4NO4/c1-24-11-3-2-9(6-10(11)16)7-12(21)20-5-4-14(8-20,13(22)23)15(17,18)19/h2-3,6H,4-5,7-8H2,1H3,(H,22,23). The summed E-state index contributed by atoms with van der Waals surface area (Å²) in [4.78, 5) is 24.1. The van der Waals surface area contributed by atoms with Crippen molar-refractivity contribution in [3.05, 3.63) is 29.6 Å². The number of carboxylic acids is 1. The number of carbonyl (C=O) groups is 2. The van der Waals surface area contributed by atoms with E-state index in [1.807, 2.05) is 0 Å². The third kappa shape index (κ3) is 3.15. The molecule has 0 aliphatic carbocycles. The Morgan fingerprint density at radius 3 is 2.50 bits per heavy atom. The van der Waals surface area contributed by atoms with Gasteiger partial charge in [0.15, 0.2) is 17.0 Å². The van der Waals surface area contributed by atoms with Gasteiger partial charge in [0.1, 0.15) is 0 Å². The topological polar surface area (TPSA) is 66.8 Å². The van der Waals surface area contributed by atoms with E-state index in [0.29, 0.717) is 0 Å². The van der Waals surface area contributed by atoms with Crippen molar-refractivity contribution >= 4 is 11.9 Å². The van der Waals surface area contributed by atoms with Crippen molar-refractivity contribution in [1.29, 1.82) is 0 Å². The number of ether oxygens (including phenoxy) is 1. The zero-order valence-electron chi connectivity index (χ0n) is 12.7. The summed E-state index contributed by atoms with van der Waals surface area (Å²) in [6, 6.07) is 3.78. The van der Waals surface area contributed by atoms with Crippen LogP contribution in [0.5, 0.6) is 5.75 Å². The molecule has 1 aliphatic rings. The molecule has 1 N–H and O–H groups in total. The molecule has 1 heterocycles. The van der Waals surface area contributed by atoms with Gasteiger partial charge in [-0.2, -0.15) is 13.2 Å². The average molecular weight is 349 g/mol. The summed E-state index contributed by atoms with van der Waals surface area (Å²) in [7, 11) is 1.27. The van der Waals surface area contributed by atoms with Crippen molar-refractivity contribution < 1.29 is 37.0 Å². The van der Waals surface area contributed by atoms with E-state index in [2.05, 4.69) is 0 Å². The number of halogens is 4. The van der Waals surface area contributed by atoms with Gasteiger partial charge in [0, 0.05) is 13.1 Å². The lowest BCUT2D eigenvalue weighted by molar-refractivity contribution is -0.227. The normalized spacial score (nSPS) is 21.0. The molecule has 1 fully saturated rings. The number of benzene rings is 1. The van der Waals surface area contributed by atoms with Crippen molar-refractivity contribution in [2.45, 2.75) is 19.0 Å². The first-order valence-corrected chi connectivity index (χ1v) is 7.01. The molecule has 1 aromatic carbocycles. The number of alkyl halides is 3. The second-order valence-electron chi connectivity index (χ2n) is 5.60. The fourth-order valence-corrected chi connectivity index (χ4v) is 2.66. The first-order valence-electron chi connectivity index (χ1n) is 7.01. The Kier molecular flexibility index (Phi) is 4.73. The molecule has 0 bridgehead atoms. The van der Waals surface area contributed by atoms with E-state index in [4.69, 9.17) is 9.84 Å². The Morgan fingerprint density at radius 2 is 2.04 bits per heavy atom. The minimum Gasteiger partial charge on any atom is -0.494 e. The zero-order chi connectivity index (χ0) is 18.1. The number of nitrogens with zero attached hydrogens (tertiary/aromatic N) is 1. The van der Waals surface area contributed by atoms with Crippen LogP contribution in [0, 0.1) is 11.2 Å². The Balaban J connectivity index is 2.12. The van der Waals surface area contributed by atoms with E-state index in [1.54, 1.807) is 0 Å². The minimum atomic E-state index is -4.96. The van der Waals surface area contributed by atoms with Crippen molar-refractivity contribution in [2.24, 2.45) is 5.41 Å². The van der Waals surface area contributed by atoms with Gasteiger partial charge >= 0.3 is 12.1 Å². The van der Waals surface area contributed by atoms with E-state index < -0.39 is 42.3 Å². The summed E-state index contributed by atoms with van der Waals surface area (Å²) >= 11 is 0. The summed E-state index contributed by atoms with van der Waals surface area (Å²) in [5.41, 5.74) is -2.69. The van der Waals surface area contributed by atoms with Gasteiger partial charge in [-0.25, -0.2) is 4.39 Å². The fourth-order valence-electron chi connectivity index (χ4n) is 2.66. The van der Waals surface area contributed by atoms with Gasteiger partial charge in [-0.15, -0.1) is 0 Å². The molecule has 1 aromatic rings. The van der Waals surface area contributed by atoms with Gasteiger partial charge in [-0.3, -0.25) is 9.59 Å². The minimum absolute atomic E-state index is 0.0191. The second-order valence-corrected chi connectivity index (χ2v) is 5.60. The number of carbonyl (C=O) groups excluding carboxylic acids is 1. The molecule has 0 aromatic heterocycles. The third-order valence-electron chi connectivity index (χ3n) is 4.15. The van der Waals surface area contributed by atoms with Gasteiger partial charge < -0.3 is 14.7 Å². The zero-order valence-corrected chi connectivity index (χ0v) is 12.7. The molecule has 132 valence electrons. The summed E-state index contributed by atoms with van der Waals surface area (Å²) < 4.78 is 57.6. The SMILES string of the molecule is COc1ccc(CC(=O)N2CCC(C(=O)O)(C(F)(F)F)C2)cc1F. The van der Waals surface area contributed by atoms with Crippen LogP contribution in [0.25, 0.3) is 0 Å². The highest BCUT2D eigenvalue weighted by atomic mass is 19.4. The van der Waals surface area contributed by atoms with Crippen molar-refractivity contribution in [3.63, 3.8) is 0 Å². The molecule has 9 heteroatoms. The van der Waals surface area contributed by atoms with Gasteiger partial charge in [0.25, 0.3) is 0 Å². The van der Waals surface area contributed by atoms with Gasteiger partial charge in [0.2, 0.25) is 5.91 Å². The second kappa shape index (κ2) is 6.29. The quantitative estimate of drug-likeness (QED) is 0.847. The van der Waals surface area contributed by atoms with Crippen LogP contribution in [0.3, 0.4) is 0 Å². The maximum absolute atomic E-state index is 13.6. The molecule has 1 atom stereocenters. The first kappa shape index (κ1) is 18.0. The summed E-state index contributed by atoms with van der Waals surface area (Å²) in [6.07, 6.45) is -5.98. The highest BCUT2D eigenvalue weighted by Gasteiger charge is 2.64. The van der Waals surface area contributed by atoms with Crippen LogP contribution in [0.4, 0.5) is 17.6 Å². The lowest BCUT2D eigenvalue weighted by atomic mass is 9.86. The molecule has 0 saturated carbocycles. The van der Waals surface area contributed by atoms with Crippen LogP contribution in [0.15, 0.2) is 18.2 Å². The fraction of sp³-hybridized carbons (Fsp3) is 0.467. The molecule has 24 heavy (non-hydrogen) atoms. The number of methoxy groups -OCH3 is 1. The lowest BCUT2D eigenvalue weighted by Gasteiger charge is -2.27. The molecular formula is C15H15F4NO4. The van der Waals surface area contributed by atoms with E-state index in [1.165, 1.54) is 19.2 Å². The summed E-state index contributed by atoms with van der Waals surface area (Å²) in [5, 5.41) is 8.96. The van der Waals surface area contributed by atoms with E-state index in [0.717, 1.165) is 11.0 Å².